The van der Waals surface area contributed by atoms with Gasteiger partial charge in [0.2, 0.25) is 0 Å². The van der Waals surface area contributed by atoms with Gasteiger partial charge in [-0.05, 0) is 57.4 Å². The molecule has 1 aliphatic carbocycles. The molecule has 0 saturated heterocycles. The van der Waals surface area contributed by atoms with Gasteiger partial charge in [0, 0.05) is 17.1 Å². The highest BCUT2D eigenvalue weighted by molar-refractivity contribution is 9.09. The third kappa shape index (κ3) is 3.37. The summed E-state index contributed by atoms with van der Waals surface area (Å²) < 4.78 is 2.07. The molecule has 102 valence electrons. The second kappa shape index (κ2) is 6.23. The zero-order valence-electron chi connectivity index (χ0n) is 11.8. The van der Waals surface area contributed by atoms with Gasteiger partial charge < -0.3 is 0 Å². The summed E-state index contributed by atoms with van der Waals surface area (Å²) in [6, 6.07) is 2.66. The van der Waals surface area contributed by atoms with E-state index < -0.39 is 0 Å². The number of halogens is 1. The van der Waals surface area contributed by atoms with Crippen LogP contribution < -0.4 is 0 Å². The van der Waals surface area contributed by atoms with Crippen LogP contribution in [0.15, 0.2) is 12.3 Å². The molecule has 1 aliphatic rings. The van der Waals surface area contributed by atoms with Gasteiger partial charge in [0.25, 0.3) is 0 Å². The molecule has 3 atom stereocenters. The molecule has 1 fully saturated rings. The van der Waals surface area contributed by atoms with E-state index in [4.69, 9.17) is 0 Å². The van der Waals surface area contributed by atoms with Gasteiger partial charge in [-0.1, -0.05) is 29.3 Å². The lowest BCUT2D eigenvalue weighted by atomic mass is 9.78. The summed E-state index contributed by atoms with van der Waals surface area (Å²) in [5, 5.41) is 4.68. The molecule has 1 aromatic rings. The summed E-state index contributed by atoms with van der Waals surface area (Å²) in [6.07, 6.45) is 8.66. The Hall–Kier alpha value is -0.310. The van der Waals surface area contributed by atoms with Crippen molar-refractivity contribution < 1.29 is 0 Å². The average molecular weight is 313 g/mol. The lowest BCUT2D eigenvalue weighted by molar-refractivity contribution is 0.269. The molecule has 0 amide bonds. The van der Waals surface area contributed by atoms with Gasteiger partial charge in [-0.2, -0.15) is 5.10 Å². The van der Waals surface area contributed by atoms with Crippen molar-refractivity contribution in [1.82, 2.24) is 9.78 Å². The van der Waals surface area contributed by atoms with Gasteiger partial charge in [-0.15, -0.1) is 0 Å². The Kier molecular flexibility index (Phi) is 4.88. The molecule has 0 aromatic carbocycles. The summed E-state index contributed by atoms with van der Waals surface area (Å²) in [6.45, 7) is 6.68. The molecule has 2 rings (SSSR count). The second-order valence-corrected chi connectivity index (χ2v) is 7.12. The molecule has 1 saturated carbocycles. The molecule has 0 aliphatic heterocycles. The van der Waals surface area contributed by atoms with Crippen molar-refractivity contribution in [2.75, 3.05) is 0 Å². The minimum atomic E-state index is 0.466. The zero-order chi connectivity index (χ0) is 13.1. The van der Waals surface area contributed by atoms with Gasteiger partial charge in [-0.25, -0.2) is 0 Å². The SMILES string of the molecule is CCC1CCC(Br)C(Cc2ccn(C(C)C)n2)C1. The molecule has 3 heteroatoms. The number of hydrogen-bond acceptors (Lipinski definition) is 1. The van der Waals surface area contributed by atoms with E-state index in [2.05, 4.69) is 58.7 Å². The Balaban J connectivity index is 1.98. The van der Waals surface area contributed by atoms with E-state index >= 15 is 0 Å². The predicted molar refractivity (Wildman–Crippen MR) is 80.2 cm³/mol. The van der Waals surface area contributed by atoms with Crippen molar-refractivity contribution in [3.8, 4) is 0 Å². The molecular weight excluding hydrogens is 288 g/mol. The first-order chi connectivity index (χ1) is 8.60. The van der Waals surface area contributed by atoms with Gasteiger partial charge in [0.05, 0.1) is 5.69 Å². The molecule has 0 N–H and O–H groups in total. The fourth-order valence-corrected chi connectivity index (χ4v) is 3.62. The molecule has 1 heterocycles. The van der Waals surface area contributed by atoms with Crippen LogP contribution >= 0.6 is 15.9 Å². The van der Waals surface area contributed by atoms with E-state index in [1.54, 1.807) is 0 Å². The van der Waals surface area contributed by atoms with E-state index in [0.717, 1.165) is 18.3 Å². The van der Waals surface area contributed by atoms with E-state index in [0.29, 0.717) is 10.9 Å². The minimum absolute atomic E-state index is 0.466. The monoisotopic (exact) mass is 312 g/mol. The van der Waals surface area contributed by atoms with Gasteiger partial charge in [0.1, 0.15) is 0 Å². The van der Waals surface area contributed by atoms with Crippen LogP contribution in [0.5, 0.6) is 0 Å². The van der Waals surface area contributed by atoms with Crippen molar-refractivity contribution in [2.24, 2.45) is 11.8 Å². The van der Waals surface area contributed by atoms with Crippen LogP contribution in [0.2, 0.25) is 0 Å². The molecule has 18 heavy (non-hydrogen) atoms. The maximum absolute atomic E-state index is 4.68. The minimum Gasteiger partial charge on any atom is -0.270 e. The summed E-state index contributed by atoms with van der Waals surface area (Å²) in [5.41, 5.74) is 1.26. The van der Waals surface area contributed by atoms with Crippen LogP contribution in [0.3, 0.4) is 0 Å². The van der Waals surface area contributed by atoms with Gasteiger partial charge >= 0.3 is 0 Å². The lowest BCUT2D eigenvalue weighted by Gasteiger charge is -2.32. The number of aromatic nitrogens is 2. The Labute approximate surface area is 119 Å². The third-order valence-electron chi connectivity index (χ3n) is 4.24. The fraction of sp³-hybridized carbons (Fsp3) is 0.800. The van der Waals surface area contributed by atoms with E-state index in [9.17, 15) is 0 Å². The molecule has 0 spiro atoms. The van der Waals surface area contributed by atoms with E-state index in [-0.39, 0.29) is 0 Å². The highest BCUT2D eigenvalue weighted by Crippen LogP contribution is 2.36. The van der Waals surface area contributed by atoms with Crippen molar-refractivity contribution in [1.29, 1.82) is 0 Å². The number of hydrogen-bond donors (Lipinski definition) is 0. The molecule has 1 aromatic heterocycles. The second-order valence-electron chi connectivity index (χ2n) is 5.95. The van der Waals surface area contributed by atoms with Crippen molar-refractivity contribution >= 4 is 15.9 Å². The first-order valence-corrected chi connectivity index (χ1v) is 8.19. The van der Waals surface area contributed by atoms with Crippen LogP contribution in [0.4, 0.5) is 0 Å². The first-order valence-electron chi connectivity index (χ1n) is 7.28. The summed E-state index contributed by atoms with van der Waals surface area (Å²) in [7, 11) is 0. The van der Waals surface area contributed by atoms with Gasteiger partial charge in [0.15, 0.2) is 0 Å². The standard InChI is InChI=1S/C15H25BrN2/c1-4-12-5-6-15(16)13(9-12)10-14-7-8-18(17-14)11(2)3/h7-8,11-13,15H,4-6,9-10H2,1-3H3. The quantitative estimate of drug-likeness (QED) is 0.743. The topological polar surface area (TPSA) is 17.8 Å². The first kappa shape index (κ1) is 14.1. The van der Waals surface area contributed by atoms with Gasteiger partial charge in [-0.3, -0.25) is 4.68 Å². The van der Waals surface area contributed by atoms with Crippen LogP contribution in [0.25, 0.3) is 0 Å². The zero-order valence-corrected chi connectivity index (χ0v) is 13.4. The highest BCUT2D eigenvalue weighted by atomic mass is 79.9. The largest absolute Gasteiger partial charge is 0.270 e. The van der Waals surface area contributed by atoms with Crippen molar-refractivity contribution in [2.45, 2.75) is 63.7 Å². The molecule has 3 unspecified atom stereocenters. The lowest BCUT2D eigenvalue weighted by Crippen LogP contribution is -2.26. The Morgan fingerprint density at radius 3 is 2.83 bits per heavy atom. The molecular formula is C15H25BrN2. The van der Waals surface area contributed by atoms with Crippen LogP contribution in [0, 0.1) is 11.8 Å². The average Bonchev–Trinajstić information content (AvgIpc) is 2.81. The normalized spacial score (nSPS) is 28.8. The maximum atomic E-state index is 4.68. The number of rotatable bonds is 4. The highest BCUT2D eigenvalue weighted by Gasteiger charge is 2.28. The van der Waals surface area contributed by atoms with Crippen LogP contribution in [-0.4, -0.2) is 14.6 Å². The fourth-order valence-electron chi connectivity index (χ4n) is 2.95. The van der Waals surface area contributed by atoms with E-state index in [1.165, 1.54) is 31.4 Å². The summed E-state index contributed by atoms with van der Waals surface area (Å²) in [5.74, 6) is 1.69. The molecule has 0 radical (unpaired) electrons. The molecule has 2 nitrogen and oxygen atoms in total. The Bertz CT molecular complexity index is 372. The number of alkyl halides is 1. The number of nitrogens with zero attached hydrogens (tertiary/aromatic N) is 2. The summed E-state index contributed by atoms with van der Waals surface area (Å²) in [4.78, 5) is 0.685. The summed E-state index contributed by atoms with van der Waals surface area (Å²) >= 11 is 3.87. The third-order valence-corrected chi connectivity index (χ3v) is 5.45. The van der Waals surface area contributed by atoms with E-state index in [1.807, 2.05) is 0 Å². The predicted octanol–water partition coefficient (Wildman–Crippen LogP) is 4.60. The maximum Gasteiger partial charge on any atom is 0.0627 e. The smallest absolute Gasteiger partial charge is 0.0627 e. The van der Waals surface area contributed by atoms with Crippen LogP contribution in [-0.2, 0) is 6.42 Å². The Morgan fingerprint density at radius 2 is 2.22 bits per heavy atom. The Morgan fingerprint density at radius 1 is 1.44 bits per heavy atom. The van der Waals surface area contributed by atoms with Crippen molar-refractivity contribution in [3.05, 3.63) is 18.0 Å². The van der Waals surface area contributed by atoms with Crippen molar-refractivity contribution in [3.63, 3.8) is 0 Å². The van der Waals surface area contributed by atoms with Crippen LogP contribution in [0.1, 0.15) is 58.2 Å². The molecule has 0 bridgehead atoms.